The Morgan fingerprint density at radius 3 is 2.64 bits per heavy atom. The van der Waals surface area contributed by atoms with E-state index in [1.165, 1.54) is 12.1 Å². The number of nitrogens with zero attached hydrogens (tertiary/aromatic N) is 1. The molecule has 0 atom stereocenters. The van der Waals surface area contributed by atoms with Gasteiger partial charge in [-0.15, -0.1) is 0 Å². The maximum Gasteiger partial charge on any atom is 0.266 e. The minimum Gasteiger partial charge on any atom is -0.494 e. The first kappa shape index (κ1) is 24.5. The lowest BCUT2D eigenvalue weighted by molar-refractivity contribution is -0.112. The van der Waals surface area contributed by atoms with Crippen LogP contribution in [-0.4, -0.2) is 12.5 Å². The van der Waals surface area contributed by atoms with Crippen molar-refractivity contribution in [1.29, 1.82) is 5.26 Å². The van der Waals surface area contributed by atoms with Crippen molar-refractivity contribution in [3.8, 4) is 11.8 Å². The molecule has 0 aromatic heterocycles. The maximum atomic E-state index is 13.6. The zero-order valence-corrected chi connectivity index (χ0v) is 20.9. The van der Waals surface area contributed by atoms with Gasteiger partial charge in [0.25, 0.3) is 5.91 Å². The average molecular weight is 554 g/mol. The molecule has 0 bridgehead atoms. The molecule has 0 heterocycles. The van der Waals surface area contributed by atoms with Crippen molar-refractivity contribution in [3.63, 3.8) is 0 Å². The number of amides is 1. The van der Waals surface area contributed by atoms with Crippen molar-refractivity contribution in [2.24, 2.45) is 0 Å². The number of carbonyl (C=O) groups is 1. The Bertz CT molecular complexity index is 1260. The number of hydrogen-bond acceptors (Lipinski definition) is 3. The second kappa shape index (κ2) is 11.1. The SMILES string of the molecule is CCOc1cc(/C=C(\C#N)C(=O)Nc2cccc(C)c2C)cc(I)c1Cc1cccc(F)c1. The van der Waals surface area contributed by atoms with Gasteiger partial charge in [0.05, 0.1) is 6.61 Å². The summed E-state index contributed by atoms with van der Waals surface area (Å²) in [5.74, 6) is -0.108. The van der Waals surface area contributed by atoms with Gasteiger partial charge in [0.15, 0.2) is 0 Å². The quantitative estimate of drug-likeness (QED) is 0.204. The molecular formula is C27H24FIN2O2. The fraction of sp³-hybridized carbons (Fsp3) is 0.185. The number of hydrogen-bond donors (Lipinski definition) is 1. The second-order valence-electron chi connectivity index (χ2n) is 7.59. The number of rotatable bonds is 7. The third-order valence-electron chi connectivity index (χ3n) is 5.28. The van der Waals surface area contributed by atoms with Gasteiger partial charge in [-0.05, 0) is 102 Å². The van der Waals surface area contributed by atoms with E-state index in [0.717, 1.165) is 25.8 Å². The molecule has 0 spiro atoms. The van der Waals surface area contributed by atoms with Crippen molar-refractivity contribution in [1.82, 2.24) is 0 Å². The smallest absolute Gasteiger partial charge is 0.266 e. The van der Waals surface area contributed by atoms with Crippen LogP contribution in [0, 0.1) is 34.6 Å². The lowest BCUT2D eigenvalue weighted by atomic mass is 10.0. The molecule has 0 aliphatic carbocycles. The molecule has 0 saturated carbocycles. The summed E-state index contributed by atoms with van der Waals surface area (Å²) >= 11 is 2.20. The molecule has 4 nitrogen and oxygen atoms in total. The van der Waals surface area contributed by atoms with Gasteiger partial charge in [-0.25, -0.2) is 4.39 Å². The van der Waals surface area contributed by atoms with E-state index < -0.39 is 5.91 Å². The molecule has 6 heteroatoms. The van der Waals surface area contributed by atoms with E-state index in [1.54, 1.807) is 12.1 Å². The summed E-state index contributed by atoms with van der Waals surface area (Å²) in [6.07, 6.45) is 2.06. The topological polar surface area (TPSA) is 62.1 Å². The number of nitriles is 1. The first-order valence-electron chi connectivity index (χ1n) is 10.5. The van der Waals surface area contributed by atoms with Crippen molar-refractivity contribution in [3.05, 3.63) is 97.4 Å². The third kappa shape index (κ3) is 6.20. The van der Waals surface area contributed by atoms with Crippen LogP contribution >= 0.6 is 22.6 Å². The van der Waals surface area contributed by atoms with Gasteiger partial charge in [0, 0.05) is 21.2 Å². The van der Waals surface area contributed by atoms with E-state index in [-0.39, 0.29) is 11.4 Å². The highest BCUT2D eigenvalue weighted by Gasteiger charge is 2.15. The molecular weight excluding hydrogens is 530 g/mol. The van der Waals surface area contributed by atoms with Gasteiger partial charge < -0.3 is 10.1 Å². The Hall–Kier alpha value is -3.18. The average Bonchev–Trinajstić information content (AvgIpc) is 2.77. The van der Waals surface area contributed by atoms with Gasteiger partial charge in [0.2, 0.25) is 0 Å². The van der Waals surface area contributed by atoms with Crippen molar-refractivity contribution >= 4 is 40.3 Å². The molecule has 0 saturated heterocycles. The van der Waals surface area contributed by atoms with E-state index in [1.807, 2.05) is 63.2 Å². The van der Waals surface area contributed by atoms with Gasteiger partial charge in [-0.1, -0.05) is 24.3 Å². The molecule has 0 radical (unpaired) electrons. The zero-order chi connectivity index (χ0) is 24.0. The van der Waals surface area contributed by atoms with Crippen LogP contribution in [0.4, 0.5) is 10.1 Å². The normalized spacial score (nSPS) is 11.1. The Kier molecular flexibility index (Phi) is 8.23. The standard InChI is InChI=1S/C27H24FIN2O2/c1-4-33-26-15-20(14-24(29)23(26)13-19-8-6-9-22(28)12-19)11-21(16-30)27(32)31-25-10-5-7-17(2)18(25)3/h5-12,14-15H,4,13H2,1-3H3,(H,31,32)/b21-11+. The van der Waals surface area contributed by atoms with Crippen LogP contribution in [0.5, 0.6) is 5.75 Å². The molecule has 0 aliphatic rings. The van der Waals surface area contributed by atoms with Crippen LogP contribution in [0.2, 0.25) is 0 Å². The molecule has 1 N–H and O–H groups in total. The molecule has 3 aromatic rings. The zero-order valence-electron chi connectivity index (χ0n) is 18.7. The Morgan fingerprint density at radius 2 is 1.94 bits per heavy atom. The van der Waals surface area contributed by atoms with Crippen LogP contribution in [0.15, 0.2) is 60.2 Å². The van der Waals surface area contributed by atoms with E-state index in [4.69, 9.17) is 4.74 Å². The number of nitrogens with one attached hydrogen (secondary N) is 1. The minimum atomic E-state index is -0.469. The molecule has 3 aromatic carbocycles. The summed E-state index contributed by atoms with van der Waals surface area (Å²) < 4.78 is 20.4. The molecule has 0 aliphatic heterocycles. The van der Waals surface area contributed by atoms with Crippen molar-refractivity contribution < 1.29 is 13.9 Å². The number of halogens is 2. The summed E-state index contributed by atoms with van der Waals surface area (Å²) in [5.41, 5.74) is 5.13. The van der Waals surface area contributed by atoms with E-state index in [2.05, 4.69) is 27.9 Å². The van der Waals surface area contributed by atoms with Crippen molar-refractivity contribution in [2.45, 2.75) is 27.2 Å². The van der Waals surface area contributed by atoms with E-state index in [9.17, 15) is 14.4 Å². The van der Waals surface area contributed by atoms with Crippen molar-refractivity contribution in [2.75, 3.05) is 11.9 Å². The van der Waals surface area contributed by atoms with Gasteiger partial charge in [0.1, 0.15) is 23.2 Å². The summed E-state index contributed by atoms with van der Waals surface area (Å²) in [6, 6.07) is 17.8. The number of carbonyl (C=O) groups excluding carboxylic acids is 1. The Balaban J connectivity index is 1.93. The fourth-order valence-corrected chi connectivity index (χ4v) is 4.23. The largest absolute Gasteiger partial charge is 0.494 e. The number of anilines is 1. The van der Waals surface area contributed by atoms with Gasteiger partial charge in [-0.3, -0.25) is 4.79 Å². The Morgan fingerprint density at radius 1 is 1.18 bits per heavy atom. The van der Waals surface area contributed by atoms with Crippen LogP contribution < -0.4 is 10.1 Å². The maximum absolute atomic E-state index is 13.6. The van der Waals surface area contributed by atoms with Crippen LogP contribution in [0.25, 0.3) is 6.08 Å². The molecule has 168 valence electrons. The molecule has 33 heavy (non-hydrogen) atoms. The summed E-state index contributed by atoms with van der Waals surface area (Å²) in [5, 5.41) is 12.5. The predicted octanol–water partition coefficient (Wildman–Crippen LogP) is 6.58. The highest BCUT2D eigenvalue weighted by atomic mass is 127. The fourth-order valence-electron chi connectivity index (χ4n) is 3.41. The summed E-state index contributed by atoms with van der Waals surface area (Å²) in [7, 11) is 0. The third-order valence-corrected chi connectivity index (χ3v) is 6.24. The monoisotopic (exact) mass is 554 g/mol. The van der Waals surface area contributed by atoms with Crippen LogP contribution in [0.1, 0.15) is 34.7 Å². The second-order valence-corrected chi connectivity index (χ2v) is 8.75. The lowest BCUT2D eigenvalue weighted by Crippen LogP contribution is -2.14. The first-order valence-corrected chi connectivity index (χ1v) is 11.6. The van der Waals surface area contributed by atoms with Gasteiger partial charge in [-0.2, -0.15) is 5.26 Å². The van der Waals surface area contributed by atoms with E-state index in [0.29, 0.717) is 30.0 Å². The predicted molar refractivity (Wildman–Crippen MR) is 138 cm³/mol. The molecule has 3 rings (SSSR count). The lowest BCUT2D eigenvalue weighted by Gasteiger charge is -2.14. The highest BCUT2D eigenvalue weighted by Crippen LogP contribution is 2.30. The highest BCUT2D eigenvalue weighted by molar-refractivity contribution is 14.1. The molecule has 0 unspecified atom stereocenters. The van der Waals surface area contributed by atoms with E-state index >= 15 is 0 Å². The Labute approximate surface area is 207 Å². The summed E-state index contributed by atoms with van der Waals surface area (Å²) in [4.78, 5) is 12.8. The van der Waals surface area contributed by atoms with Gasteiger partial charge >= 0.3 is 0 Å². The minimum absolute atomic E-state index is 0.00737. The van der Waals surface area contributed by atoms with Crippen LogP contribution in [-0.2, 0) is 11.2 Å². The van der Waals surface area contributed by atoms with Crippen LogP contribution in [0.3, 0.4) is 0 Å². The number of ether oxygens (including phenoxy) is 1. The summed E-state index contributed by atoms with van der Waals surface area (Å²) in [6.45, 7) is 6.24. The number of benzene rings is 3. The molecule has 0 fully saturated rings. The first-order chi connectivity index (χ1) is 15.8. The molecule has 1 amide bonds. The number of aryl methyl sites for hydroxylation is 1.